The van der Waals surface area contributed by atoms with Crippen LogP contribution in [0.25, 0.3) is 11.1 Å². The lowest BCUT2D eigenvalue weighted by molar-refractivity contribution is -0.144. The number of epoxide rings is 2. The van der Waals surface area contributed by atoms with Gasteiger partial charge in [0.25, 0.3) is 0 Å². The van der Waals surface area contributed by atoms with Gasteiger partial charge in [-0.1, -0.05) is 67.6 Å². The monoisotopic (exact) mass is 577 g/mol. The van der Waals surface area contributed by atoms with Crippen LogP contribution in [0.3, 0.4) is 0 Å². The number of hydrogen-bond donors (Lipinski definition) is 0. The first-order chi connectivity index (χ1) is 21.0. The minimum atomic E-state index is -0.263. The van der Waals surface area contributed by atoms with Crippen LogP contribution in [0.5, 0.6) is 0 Å². The molecule has 7 nitrogen and oxygen atoms in total. The lowest BCUT2D eigenvalue weighted by Crippen LogP contribution is -2.13. The van der Waals surface area contributed by atoms with E-state index < -0.39 is 0 Å². The van der Waals surface area contributed by atoms with Crippen molar-refractivity contribution < 1.29 is 28.5 Å². The highest BCUT2D eigenvalue weighted by Crippen LogP contribution is 2.36. The minimum absolute atomic E-state index is 0.0522. The van der Waals surface area contributed by atoms with Crippen LogP contribution in [0.1, 0.15) is 23.6 Å². The van der Waals surface area contributed by atoms with Crippen molar-refractivity contribution in [2.75, 3.05) is 31.3 Å². The molecule has 220 valence electrons. The van der Waals surface area contributed by atoms with E-state index in [9.17, 15) is 9.59 Å². The van der Waals surface area contributed by atoms with Crippen LogP contribution in [-0.2, 0) is 47.8 Å². The first-order valence-corrected chi connectivity index (χ1v) is 14.8. The lowest BCUT2D eigenvalue weighted by atomic mass is 10.0. The normalized spacial score (nSPS) is 16.8. The highest BCUT2D eigenvalue weighted by molar-refractivity contribution is 5.80. The van der Waals surface area contributed by atoms with Crippen molar-refractivity contribution in [1.82, 2.24) is 0 Å². The van der Waals surface area contributed by atoms with E-state index in [2.05, 4.69) is 60.4 Å². The number of ether oxygens (including phenoxy) is 4. The van der Waals surface area contributed by atoms with Crippen LogP contribution in [0.4, 0.5) is 17.1 Å². The van der Waals surface area contributed by atoms with Crippen molar-refractivity contribution in [1.29, 1.82) is 0 Å². The molecular weight excluding hydrogens is 542 g/mol. The predicted octanol–water partition coefficient (Wildman–Crippen LogP) is 6.35. The maximum Gasteiger partial charge on any atom is 0.310 e. The fraction of sp³-hybridized carbons (Fsp3) is 0.278. The predicted molar refractivity (Wildman–Crippen MR) is 165 cm³/mol. The fourth-order valence-electron chi connectivity index (χ4n) is 4.84. The molecule has 2 aliphatic rings. The Labute approximate surface area is 252 Å². The van der Waals surface area contributed by atoms with Gasteiger partial charge in [0.2, 0.25) is 0 Å². The molecule has 0 spiro atoms. The molecule has 0 saturated carbocycles. The Morgan fingerprint density at radius 3 is 1.33 bits per heavy atom. The van der Waals surface area contributed by atoms with E-state index in [4.69, 9.17) is 18.9 Å². The third-order valence-corrected chi connectivity index (χ3v) is 7.57. The SMILES string of the molecule is CCc1ccc(-c2ccc(N(c3ccc(CC(=O)OCC4CO4)cc3)c3ccc(CC(=O)OCC4CO4)cc3)cc2)cc1. The molecule has 0 bridgehead atoms. The second kappa shape index (κ2) is 13.2. The minimum Gasteiger partial charge on any atom is -0.463 e. The van der Waals surface area contributed by atoms with Crippen molar-refractivity contribution in [2.24, 2.45) is 0 Å². The first kappa shape index (κ1) is 28.6. The van der Waals surface area contributed by atoms with Crippen molar-refractivity contribution in [3.05, 3.63) is 114 Å². The number of hydrogen-bond acceptors (Lipinski definition) is 7. The molecule has 6 rings (SSSR count). The smallest absolute Gasteiger partial charge is 0.310 e. The van der Waals surface area contributed by atoms with Crippen molar-refractivity contribution in [2.45, 2.75) is 38.4 Å². The number of rotatable bonds is 13. The first-order valence-electron chi connectivity index (χ1n) is 14.8. The highest BCUT2D eigenvalue weighted by atomic mass is 16.6. The summed E-state index contributed by atoms with van der Waals surface area (Å²) < 4.78 is 20.8. The summed E-state index contributed by atoms with van der Waals surface area (Å²) in [6.07, 6.45) is 1.53. The third kappa shape index (κ3) is 7.89. The zero-order chi connectivity index (χ0) is 29.6. The average Bonchev–Trinajstić information content (AvgIpc) is 3.97. The van der Waals surface area contributed by atoms with Gasteiger partial charge in [-0.25, -0.2) is 0 Å². The number of carbonyl (C=O) groups excluding carboxylic acids is 2. The molecule has 2 aliphatic heterocycles. The topological polar surface area (TPSA) is 80.9 Å². The molecule has 2 heterocycles. The van der Waals surface area contributed by atoms with E-state index in [0.717, 1.165) is 40.2 Å². The van der Waals surface area contributed by atoms with Gasteiger partial charge in [-0.2, -0.15) is 0 Å². The Hall–Kier alpha value is -4.46. The summed E-state index contributed by atoms with van der Waals surface area (Å²) in [7, 11) is 0. The maximum absolute atomic E-state index is 12.2. The van der Waals surface area contributed by atoms with Crippen LogP contribution in [0, 0.1) is 0 Å². The summed E-state index contributed by atoms with van der Waals surface area (Å²) in [5, 5.41) is 0. The Morgan fingerprint density at radius 2 is 0.953 bits per heavy atom. The van der Waals surface area contributed by atoms with Crippen LogP contribution in [0.2, 0.25) is 0 Å². The van der Waals surface area contributed by atoms with E-state index in [-0.39, 0.29) is 37.0 Å². The number of esters is 2. The van der Waals surface area contributed by atoms with Gasteiger partial charge in [-0.3, -0.25) is 9.59 Å². The Kier molecular flexibility index (Phi) is 8.82. The van der Waals surface area contributed by atoms with Crippen LogP contribution in [0.15, 0.2) is 97.1 Å². The fourth-order valence-corrected chi connectivity index (χ4v) is 4.84. The lowest BCUT2D eigenvalue weighted by Gasteiger charge is -2.26. The molecule has 7 heteroatoms. The highest BCUT2D eigenvalue weighted by Gasteiger charge is 2.25. The standard InChI is InChI=1S/C36H35NO6/c1-2-25-3-9-28(10-4-25)29-11-17-32(18-12-29)37(30-13-5-26(6-14-30)19-35(38)42-23-33-21-40-33)31-15-7-27(8-16-31)20-36(39)43-24-34-22-41-34/h3-18,33-34H,2,19-24H2,1H3. The molecule has 0 amide bonds. The summed E-state index contributed by atoms with van der Waals surface area (Å²) in [6.45, 7) is 4.10. The molecule has 0 radical (unpaired) electrons. The summed E-state index contributed by atoms with van der Waals surface area (Å²) in [5.74, 6) is -0.525. The molecular formula is C36H35NO6. The largest absolute Gasteiger partial charge is 0.463 e. The van der Waals surface area contributed by atoms with E-state index in [1.165, 1.54) is 11.1 Å². The second-order valence-corrected chi connectivity index (χ2v) is 10.9. The maximum atomic E-state index is 12.2. The summed E-state index contributed by atoms with van der Waals surface area (Å²) >= 11 is 0. The molecule has 0 aromatic heterocycles. The summed E-state index contributed by atoms with van der Waals surface area (Å²) in [4.78, 5) is 26.7. The molecule has 43 heavy (non-hydrogen) atoms. The number of nitrogens with zero attached hydrogens (tertiary/aromatic N) is 1. The van der Waals surface area contributed by atoms with Gasteiger partial charge in [-0.15, -0.1) is 0 Å². The van der Waals surface area contributed by atoms with Crippen molar-refractivity contribution in [3.63, 3.8) is 0 Å². The molecule has 4 aromatic carbocycles. The summed E-state index contributed by atoms with van der Waals surface area (Å²) in [6, 6.07) is 33.0. The van der Waals surface area contributed by atoms with Crippen LogP contribution >= 0.6 is 0 Å². The quantitative estimate of drug-likeness (QED) is 0.135. The molecule has 0 N–H and O–H groups in total. The number of carbonyl (C=O) groups is 2. The Balaban J connectivity index is 1.21. The van der Waals surface area contributed by atoms with Gasteiger partial charge in [0, 0.05) is 17.1 Å². The van der Waals surface area contributed by atoms with E-state index in [1.807, 2.05) is 48.5 Å². The second-order valence-electron chi connectivity index (χ2n) is 10.9. The van der Waals surface area contributed by atoms with E-state index >= 15 is 0 Å². The van der Waals surface area contributed by atoms with Crippen LogP contribution < -0.4 is 4.90 Å². The zero-order valence-electron chi connectivity index (χ0n) is 24.2. The van der Waals surface area contributed by atoms with Crippen LogP contribution in [-0.4, -0.2) is 50.6 Å². The average molecular weight is 578 g/mol. The zero-order valence-corrected chi connectivity index (χ0v) is 24.2. The van der Waals surface area contributed by atoms with Crippen molar-refractivity contribution in [3.8, 4) is 11.1 Å². The number of aryl methyl sites for hydroxylation is 1. The molecule has 2 fully saturated rings. The molecule has 4 aromatic rings. The van der Waals surface area contributed by atoms with Gasteiger partial charge in [0.15, 0.2) is 0 Å². The van der Waals surface area contributed by atoms with E-state index in [1.54, 1.807) is 0 Å². The molecule has 2 unspecified atom stereocenters. The van der Waals surface area contributed by atoms with Gasteiger partial charge in [0.1, 0.15) is 25.4 Å². The number of anilines is 3. The van der Waals surface area contributed by atoms with Gasteiger partial charge >= 0.3 is 11.9 Å². The van der Waals surface area contributed by atoms with Gasteiger partial charge < -0.3 is 23.8 Å². The number of benzene rings is 4. The molecule has 0 aliphatic carbocycles. The van der Waals surface area contributed by atoms with Gasteiger partial charge in [-0.05, 0) is 70.6 Å². The molecule has 2 atom stereocenters. The Bertz CT molecular complexity index is 1450. The Morgan fingerprint density at radius 1 is 0.605 bits per heavy atom. The van der Waals surface area contributed by atoms with Gasteiger partial charge in [0.05, 0.1) is 26.1 Å². The van der Waals surface area contributed by atoms with E-state index in [0.29, 0.717) is 26.4 Å². The third-order valence-electron chi connectivity index (χ3n) is 7.57. The molecule has 2 saturated heterocycles. The van der Waals surface area contributed by atoms with Crippen molar-refractivity contribution >= 4 is 29.0 Å². The summed E-state index contributed by atoms with van der Waals surface area (Å²) in [5.41, 5.74) is 8.26.